The van der Waals surface area contributed by atoms with Gasteiger partial charge in [0.05, 0.1) is 6.54 Å². The van der Waals surface area contributed by atoms with Crippen LogP contribution in [-0.2, 0) is 13.2 Å². The van der Waals surface area contributed by atoms with E-state index in [0.29, 0.717) is 13.2 Å². The van der Waals surface area contributed by atoms with Gasteiger partial charge in [-0.3, -0.25) is 0 Å². The molecule has 0 unspecified atom stereocenters. The van der Waals surface area contributed by atoms with Crippen molar-refractivity contribution in [3.8, 4) is 5.75 Å². The Balaban J connectivity index is 1.75. The number of fused-ring (bicyclic) bond motifs is 1. The second-order valence-corrected chi connectivity index (χ2v) is 4.82. The SMILES string of the molecule is Cc1cc(COc2ccc3ccccc3c2)oc1CN. The van der Waals surface area contributed by atoms with E-state index in [1.54, 1.807) is 0 Å². The molecule has 1 heterocycles. The summed E-state index contributed by atoms with van der Waals surface area (Å²) in [6.45, 7) is 2.83. The molecular formula is C17H17NO2. The molecule has 0 bridgehead atoms. The number of ether oxygens (including phenoxy) is 1. The highest BCUT2D eigenvalue weighted by Gasteiger charge is 2.06. The van der Waals surface area contributed by atoms with Crippen LogP contribution in [0, 0.1) is 6.92 Å². The van der Waals surface area contributed by atoms with Gasteiger partial charge in [-0.1, -0.05) is 30.3 Å². The van der Waals surface area contributed by atoms with Crippen LogP contribution in [0.3, 0.4) is 0 Å². The van der Waals surface area contributed by atoms with Crippen molar-refractivity contribution in [2.75, 3.05) is 0 Å². The Morgan fingerprint density at radius 2 is 1.85 bits per heavy atom. The lowest BCUT2D eigenvalue weighted by molar-refractivity contribution is 0.266. The highest BCUT2D eigenvalue weighted by molar-refractivity contribution is 5.83. The summed E-state index contributed by atoms with van der Waals surface area (Å²) in [4.78, 5) is 0. The van der Waals surface area contributed by atoms with Crippen LogP contribution in [0.4, 0.5) is 0 Å². The molecule has 0 spiro atoms. The van der Waals surface area contributed by atoms with Crippen LogP contribution < -0.4 is 10.5 Å². The molecule has 102 valence electrons. The van der Waals surface area contributed by atoms with Gasteiger partial charge in [0, 0.05) is 0 Å². The van der Waals surface area contributed by atoms with Gasteiger partial charge in [-0.25, -0.2) is 0 Å². The maximum atomic E-state index is 5.78. The molecule has 3 heteroatoms. The summed E-state index contributed by atoms with van der Waals surface area (Å²) in [6, 6.07) is 16.3. The minimum absolute atomic E-state index is 0.416. The smallest absolute Gasteiger partial charge is 0.146 e. The molecule has 1 aromatic heterocycles. The first-order valence-electron chi connectivity index (χ1n) is 6.66. The maximum absolute atomic E-state index is 5.78. The third-order valence-corrected chi connectivity index (χ3v) is 3.36. The molecular weight excluding hydrogens is 250 g/mol. The quantitative estimate of drug-likeness (QED) is 0.782. The van der Waals surface area contributed by atoms with Crippen LogP contribution in [0.25, 0.3) is 10.8 Å². The summed E-state index contributed by atoms with van der Waals surface area (Å²) < 4.78 is 11.4. The highest BCUT2D eigenvalue weighted by atomic mass is 16.5. The van der Waals surface area contributed by atoms with E-state index < -0.39 is 0 Å². The molecule has 0 aliphatic rings. The highest BCUT2D eigenvalue weighted by Crippen LogP contribution is 2.22. The average Bonchev–Trinajstić information content (AvgIpc) is 2.85. The van der Waals surface area contributed by atoms with Crippen LogP contribution in [0.2, 0.25) is 0 Å². The fourth-order valence-corrected chi connectivity index (χ4v) is 2.28. The maximum Gasteiger partial charge on any atom is 0.146 e. The number of benzene rings is 2. The van der Waals surface area contributed by atoms with Gasteiger partial charge in [-0.05, 0) is 41.5 Å². The van der Waals surface area contributed by atoms with E-state index in [0.717, 1.165) is 22.8 Å². The number of hydrogen-bond donors (Lipinski definition) is 1. The van der Waals surface area contributed by atoms with E-state index in [1.165, 1.54) is 10.8 Å². The molecule has 0 aliphatic carbocycles. The summed E-state index contributed by atoms with van der Waals surface area (Å²) >= 11 is 0. The Hall–Kier alpha value is -2.26. The van der Waals surface area contributed by atoms with Gasteiger partial charge in [-0.15, -0.1) is 0 Å². The van der Waals surface area contributed by atoms with Gasteiger partial charge >= 0.3 is 0 Å². The van der Waals surface area contributed by atoms with E-state index in [4.69, 9.17) is 14.9 Å². The minimum atomic E-state index is 0.416. The average molecular weight is 267 g/mol. The first kappa shape index (κ1) is 12.8. The zero-order valence-electron chi connectivity index (χ0n) is 11.4. The number of aryl methyl sites for hydroxylation is 1. The molecule has 0 aliphatic heterocycles. The molecule has 0 amide bonds. The van der Waals surface area contributed by atoms with Gasteiger partial charge in [0.15, 0.2) is 0 Å². The van der Waals surface area contributed by atoms with Crippen molar-refractivity contribution in [3.05, 3.63) is 65.6 Å². The van der Waals surface area contributed by atoms with Gasteiger partial charge < -0.3 is 14.9 Å². The Bertz CT molecular complexity index is 731. The lowest BCUT2D eigenvalue weighted by Gasteiger charge is -2.05. The molecule has 0 saturated carbocycles. The second-order valence-electron chi connectivity index (χ2n) is 4.82. The third-order valence-electron chi connectivity index (χ3n) is 3.36. The number of hydrogen-bond acceptors (Lipinski definition) is 3. The van der Waals surface area contributed by atoms with E-state index in [-0.39, 0.29) is 0 Å². The Morgan fingerprint density at radius 1 is 1.05 bits per heavy atom. The first-order valence-corrected chi connectivity index (χ1v) is 6.66. The van der Waals surface area contributed by atoms with E-state index >= 15 is 0 Å². The van der Waals surface area contributed by atoms with E-state index in [1.807, 2.05) is 37.3 Å². The fourth-order valence-electron chi connectivity index (χ4n) is 2.28. The summed E-state index contributed by atoms with van der Waals surface area (Å²) in [5.41, 5.74) is 6.67. The Kier molecular flexibility index (Phi) is 3.44. The van der Waals surface area contributed by atoms with Gasteiger partial charge in [-0.2, -0.15) is 0 Å². The molecule has 3 nitrogen and oxygen atoms in total. The predicted octanol–water partition coefficient (Wildman–Crippen LogP) is 3.78. The topological polar surface area (TPSA) is 48.4 Å². The molecule has 20 heavy (non-hydrogen) atoms. The standard InChI is InChI=1S/C17H17NO2/c1-12-8-16(20-17(12)10-18)11-19-15-7-6-13-4-2-3-5-14(13)9-15/h2-9H,10-11,18H2,1H3. The van der Waals surface area contributed by atoms with Crippen molar-refractivity contribution in [1.29, 1.82) is 0 Å². The Morgan fingerprint density at radius 3 is 2.60 bits per heavy atom. The zero-order chi connectivity index (χ0) is 13.9. The molecule has 3 rings (SSSR count). The Labute approximate surface area is 118 Å². The number of nitrogens with two attached hydrogens (primary N) is 1. The molecule has 0 saturated heterocycles. The van der Waals surface area contributed by atoms with Gasteiger partial charge in [0.1, 0.15) is 23.9 Å². The first-order chi connectivity index (χ1) is 9.76. The predicted molar refractivity (Wildman–Crippen MR) is 79.6 cm³/mol. The number of furan rings is 1. The minimum Gasteiger partial charge on any atom is -0.486 e. The summed E-state index contributed by atoms with van der Waals surface area (Å²) in [7, 11) is 0. The van der Waals surface area contributed by atoms with Crippen molar-refractivity contribution in [3.63, 3.8) is 0 Å². The molecule has 2 N–H and O–H groups in total. The molecule has 0 radical (unpaired) electrons. The monoisotopic (exact) mass is 267 g/mol. The van der Waals surface area contributed by atoms with Crippen LogP contribution in [-0.4, -0.2) is 0 Å². The summed E-state index contributed by atoms with van der Waals surface area (Å²) in [6.07, 6.45) is 0. The van der Waals surface area contributed by atoms with Crippen molar-refractivity contribution in [2.24, 2.45) is 5.73 Å². The molecule has 3 aromatic rings. The van der Waals surface area contributed by atoms with Crippen molar-refractivity contribution in [1.82, 2.24) is 0 Å². The second kappa shape index (κ2) is 5.39. The normalized spacial score (nSPS) is 10.9. The van der Waals surface area contributed by atoms with Crippen molar-refractivity contribution < 1.29 is 9.15 Å². The van der Waals surface area contributed by atoms with Crippen LogP contribution in [0.1, 0.15) is 17.1 Å². The van der Waals surface area contributed by atoms with Gasteiger partial charge in [0.2, 0.25) is 0 Å². The largest absolute Gasteiger partial charge is 0.486 e. The van der Waals surface area contributed by atoms with Crippen LogP contribution in [0.5, 0.6) is 5.75 Å². The van der Waals surface area contributed by atoms with Crippen LogP contribution in [0.15, 0.2) is 52.9 Å². The number of rotatable bonds is 4. The van der Waals surface area contributed by atoms with Gasteiger partial charge in [0.25, 0.3) is 0 Å². The van der Waals surface area contributed by atoms with Crippen molar-refractivity contribution >= 4 is 10.8 Å². The molecule has 2 aromatic carbocycles. The summed E-state index contributed by atoms with van der Waals surface area (Å²) in [5.74, 6) is 2.46. The van der Waals surface area contributed by atoms with E-state index in [9.17, 15) is 0 Å². The lowest BCUT2D eigenvalue weighted by Crippen LogP contribution is -1.96. The third kappa shape index (κ3) is 2.53. The lowest BCUT2D eigenvalue weighted by atomic mass is 10.1. The fraction of sp³-hybridized carbons (Fsp3) is 0.176. The summed E-state index contributed by atoms with van der Waals surface area (Å²) in [5, 5.41) is 2.38. The van der Waals surface area contributed by atoms with E-state index in [2.05, 4.69) is 18.2 Å². The van der Waals surface area contributed by atoms with Crippen LogP contribution >= 0.6 is 0 Å². The molecule has 0 atom stereocenters. The molecule has 0 fully saturated rings. The zero-order valence-corrected chi connectivity index (χ0v) is 11.4. The van der Waals surface area contributed by atoms with Crippen molar-refractivity contribution in [2.45, 2.75) is 20.1 Å².